The van der Waals surface area contributed by atoms with Crippen molar-refractivity contribution in [1.82, 2.24) is 0 Å². The first-order chi connectivity index (χ1) is 10.1. The summed E-state index contributed by atoms with van der Waals surface area (Å²) in [5.74, 6) is 1.01. The smallest absolute Gasteiger partial charge is 0.303 e. The molecule has 0 radical (unpaired) electrons. The highest BCUT2D eigenvalue weighted by Gasteiger charge is 2.21. The first-order valence-electron chi connectivity index (χ1n) is 7.52. The summed E-state index contributed by atoms with van der Waals surface area (Å²) in [5, 5.41) is 11.9. The molecule has 1 aromatic rings. The Morgan fingerprint density at radius 3 is 3.00 bits per heavy atom. The summed E-state index contributed by atoms with van der Waals surface area (Å²) < 4.78 is 11.4. The number of fused-ring (bicyclic) bond motifs is 1. The van der Waals surface area contributed by atoms with Crippen LogP contribution < -0.4 is 14.8 Å². The molecule has 116 valence electrons. The van der Waals surface area contributed by atoms with E-state index >= 15 is 0 Å². The van der Waals surface area contributed by atoms with Crippen molar-refractivity contribution in [2.45, 2.75) is 45.6 Å². The summed E-state index contributed by atoms with van der Waals surface area (Å²) >= 11 is 0. The highest BCUT2D eigenvalue weighted by molar-refractivity contribution is 5.66. The predicted octanol–water partition coefficient (Wildman–Crippen LogP) is 3.08. The van der Waals surface area contributed by atoms with Gasteiger partial charge < -0.3 is 19.9 Å². The minimum absolute atomic E-state index is 0.209. The standard InChI is InChI=1S/C16H23NO4/c1-3-20-15-9-12-8-11(2)21-14(12)10-13(15)17-7-5-4-6-16(18)19/h9-11,17H,3-8H2,1-2H3,(H,18,19). The highest BCUT2D eigenvalue weighted by atomic mass is 16.5. The average molecular weight is 293 g/mol. The maximum Gasteiger partial charge on any atom is 0.303 e. The van der Waals surface area contributed by atoms with Gasteiger partial charge in [-0.15, -0.1) is 0 Å². The van der Waals surface area contributed by atoms with Crippen LogP contribution in [0.25, 0.3) is 0 Å². The first kappa shape index (κ1) is 15.5. The van der Waals surface area contributed by atoms with Crippen LogP contribution in [0.5, 0.6) is 11.5 Å². The molecule has 0 amide bonds. The molecule has 5 nitrogen and oxygen atoms in total. The largest absolute Gasteiger partial charge is 0.492 e. The minimum Gasteiger partial charge on any atom is -0.492 e. The monoisotopic (exact) mass is 293 g/mol. The predicted molar refractivity (Wildman–Crippen MR) is 81.4 cm³/mol. The molecule has 1 aromatic carbocycles. The number of carboxylic acid groups (broad SMARTS) is 1. The number of carboxylic acids is 1. The van der Waals surface area contributed by atoms with Gasteiger partial charge in [-0.1, -0.05) is 0 Å². The summed E-state index contributed by atoms with van der Waals surface area (Å²) in [6.07, 6.45) is 2.82. The summed E-state index contributed by atoms with van der Waals surface area (Å²) in [4.78, 5) is 10.5. The van der Waals surface area contributed by atoms with Crippen LogP contribution in [0.1, 0.15) is 38.7 Å². The molecule has 21 heavy (non-hydrogen) atoms. The number of nitrogens with one attached hydrogen (secondary N) is 1. The molecule has 0 spiro atoms. The van der Waals surface area contributed by atoms with Crippen molar-refractivity contribution in [3.63, 3.8) is 0 Å². The van der Waals surface area contributed by atoms with Crippen LogP contribution in [0.4, 0.5) is 5.69 Å². The maximum atomic E-state index is 10.5. The summed E-state index contributed by atoms with van der Waals surface area (Å²) in [6.45, 7) is 5.35. The maximum absolute atomic E-state index is 10.5. The number of hydrogen-bond donors (Lipinski definition) is 2. The molecule has 0 aromatic heterocycles. The van der Waals surface area contributed by atoms with E-state index in [0.717, 1.165) is 36.6 Å². The number of anilines is 1. The Kier molecular flexibility index (Phi) is 5.31. The minimum atomic E-state index is -0.745. The number of carbonyl (C=O) groups is 1. The molecule has 1 unspecified atom stereocenters. The van der Waals surface area contributed by atoms with Gasteiger partial charge in [0.05, 0.1) is 12.3 Å². The van der Waals surface area contributed by atoms with Gasteiger partial charge in [0.15, 0.2) is 0 Å². The van der Waals surface area contributed by atoms with Crippen molar-refractivity contribution in [2.75, 3.05) is 18.5 Å². The topological polar surface area (TPSA) is 67.8 Å². The lowest BCUT2D eigenvalue weighted by Gasteiger charge is -2.14. The van der Waals surface area contributed by atoms with E-state index in [0.29, 0.717) is 13.0 Å². The van der Waals surface area contributed by atoms with Gasteiger partial charge >= 0.3 is 5.97 Å². The Bertz CT molecular complexity index is 501. The van der Waals surface area contributed by atoms with Crippen molar-refractivity contribution in [2.24, 2.45) is 0 Å². The van der Waals surface area contributed by atoms with E-state index in [1.54, 1.807) is 0 Å². The van der Waals surface area contributed by atoms with E-state index in [-0.39, 0.29) is 12.5 Å². The van der Waals surface area contributed by atoms with Crippen LogP contribution in [0, 0.1) is 0 Å². The summed E-state index contributed by atoms with van der Waals surface area (Å²) in [5.41, 5.74) is 2.10. The zero-order valence-corrected chi connectivity index (χ0v) is 12.6. The third-order valence-corrected chi connectivity index (χ3v) is 3.43. The molecule has 1 atom stereocenters. The molecule has 1 heterocycles. The molecular weight excluding hydrogens is 270 g/mol. The molecule has 0 saturated carbocycles. The van der Waals surface area contributed by atoms with Crippen molar-refractivity contribution < 1.29 is 19.4 Å². The van der Waals surface area contributed by atoms with E-state index in [4.69, 9.17) is 14.6 Å². The molecule has 0 fully saturated rings. The van der Waals surface area contributed by atoms with Crippen molar-refractivity contribution in [3.8, 4) is 11.5 Å². The number of ether oxygens (including phenoxy) is 2. The Hall–Kier alpha value is -1.91. The lowest BCUT2D eigenvalue weighted by molar-refractivity contribution is -0.137. The second-order valence-electron chi connectivity index (χ2n) is 5.30. The summed E-state index contributed by atoms with van der Waals surface area (Å²) in [6, 6.07) is 4.03. The molecule has 5 heteroatoms. The van der Waals surface area contributed by atoms with Crippen LogP contribution in [-0.2, 0) is 11.2 Å². The fourth-order valence-electron chi connectivity index (χ4n) is 2.48. The highest BCUT2D eigenvalue weighted by Crippen LogP contribution is 2.37. The van der Waals surface area contributed by atoms with Gasteiger partial charge in [-0.2, -0.15) is 0 Å². The summed E-state index contributed by atoms with van der Waals surface area (Å²) in [7, 11) is 0. The van der Waals surface area contributed by atoms with Crippen LogP contribution in [0.2, 0.25) is 0 Å². The van der Waals surface area contributed by atoms with E-state index in [1.165, 1.54) is 5.56 Å². The van der Waals surface area contributed by atoms with Crippen molar-refractivity contribution in [1.29, 1.82) is 0 Å². The zero-order chi connectivity index (χ0) is 15.2. The molecular formula is C16H23NO4. The fraction of sp³-hybridized carbons (Fsp3) is 0.562. The Morgan fingerprint density at radius 2 is 2.29 bits per heavy atom. The van der Waals surface area contributed by atoms with E-state index < -0.39 is 5.97 Å². The number of benzene rings is 1. The second-order valence-corrected chi connectivity index (χ2v) is 5.30. The molecule has 2 rings (SSSR count). The normalized spacial score (nSPS) is 16.2. The molecule has 2 N–H and O–H groups in total. The first-order valence-corrected chi connectivity index (χ1v) is 7.52. The van der Waals surface area contributed by atoms with Gasteiger partial charge in [-0.3, -0.25) is 4.79 Å². The van der Waals surface area contributed by atoms with Crippen LogP contribution in [0.3, 0.4) is 0 Å². The lowest BCUT2D eigenvalue weighted by atomic mass is 10.1. The molecule has 1 aliphatic heterocycles. The number of unbranched alkanes of at least 4 members (excludes halogenated alkanes) is 1. The molecule has 0 saturated heterocycles. The van der Waals surface area contributed by atoms with Gasteiger partial charge in [0.25, 0.3) is 0 Å². The third-order valence-electron chi connectivity index (χ3n) is 3.43. The van der Waals surface area contributed by atoms with Crippen molar-refractivity contribution in [3.05, 3.63) is 17.7 Å². The van der Waals surface area contributed by atoms with E-state index in [2.05, 4.69) is 12.2 Å². The quantitative estimate of drug-likeness (QED) is 0.721. The van der Waals surface area contributed by atoms with Crippen molar-refractivity contribution >= 4 is 11.7 Å². The number of hydrogen-bond acceptors (Lipinski definition) is 4. The van der Waals surface area contributed by atoms with E-state index in [9.17, 15) is 4.79 Å². The van der Waals surface area contributed by atoms with E-state index in [1.807, 2.05) is 19.1 Å². The number of rotatable bonds is 8. The van der Waals surface area contributed by atoms with Gasteiger partial charge in [0.2, 0.25) is 0 Å². The molecule has 0 aliphatic carbocycles. The van der Waals surface area contributed by atoms with Gasteiger partial charge in [-0.25, -0.2) is 0 Å². The lowest BCUT2D eigenvalue weighted by Crippen LogP contribution is -2.06. The fourth-order valence-corrected chi connectivity index (χ4v) is 2.48. The SMILES string of the molecule is CCOc1cc2c(cc1NCCCCC(=O)O)OC(C)C2. The van der Waals surface area contributed by atoms with Gasteiger partial charge in [0, 0.05) is 31.0 Å². The average Bonchev–Trinajstić information content (AvgIpc) is 2.77. The third kappa shape index (κ3) is 4.28. The Morgan fingerprint density at radius 1 is 1.48 bits per heavy atom. The zero-order valence-electron chi connectivity index (χ0n) is 12.6. The van der Waals surface area contributed by atoms with Gasteiger partial charge in [-0.05, 0) is 32.8 Å². The number of aliphatic carboxylic acids is 1. The second kappa shape index (κ2) is 7.20. The van der Waals surface area contributed by atoms with Crippen LogP contribution in [0.15, 0.2) is 12.1 Å². The molecule has 1 aliphatic rings. The van der Waals surface area contributed by atoms with Gasteiger partial charge in [0.1, 0.15) is 17.6 Å². The Labute approximate surface area is 125 Å². The van der Waals surface area contributed by atoms with Crippen LogP contribution >= 0.6 is 0 Å². The van der Waals surface area contributed by atoms with Crippen LogP contribution in [-0.4, -0.2) is 30.3 Å². The molecule has 0 bridgehead atoms. The Balaban J connectivity index is 1.97.